The Kier molecular flexibility index (Phi) is 5.51. The number of hydrogen-bond acceptors (Lipinski definition) is 3. The van der Waals surface area contributed by atoms with Crippen molar-refractivity contribution in [1.29, 1.82) is 0 Å². The molecule has 0 aliphatic carbocycles. The van der Waals surface area contributed by atoms with Gasteiger partial charge in [-0.3, -0.25) is 0 Å². The second-order valence-electron chi connectivity index (χ2n) is 4.19. The largest absolute Gasteiger partial charge is 0.435 e. The zero-order valence-corrected chi connectivity index (χ0v) is 11.8. The highest BCUT2D eigenvalue weighted by Crippen LogP contribution is 2.15. The van der Waals surface area contributed by atoms with Gasteiger partial charge < -0.3 is 15.4 Å². The highest BCUT2D eigenvalue weighted by molar-refractivity contribution is 7.07. The van der Waals surface area contributed by atoms with Crippen LogP contribution in [0, 0.1) is 0 Å². The van der Waals surface area contributed by atoms with Gasteiger partial charge in [0, 0.05) is 13.1 Å². The van der Waals surface area contributed by atoms with E-state index in [2.05, 4.69) is 15.4 Å². The van der Waals surface area contributed by atoms with Crippen LogP contribution in [0.25, 0.3) is 0 Å². The second kappa shape index (κ2) is 7.58. The van der Waals surface area contributed by atoms with E-state index in [1.165, 1.54) is 12.1 Å². The molecule has 1 heterocycles. The van der Waals surface area contributed by atoms with Crippen LogP contribution in [0.2, 0.25) is 0 Å². The lowest BCUT2D eigenvalue weighted by molar-refractivity contribution is -0.0498. The molecule has 1 aromatic carbocycles. The minimum Gasteiger partial charge on any atom is -0.435 e. The zero-order chi connectivity index (χ0) is 15.1. The Hall–Kier alpha value is -2.15. The molecule has 0 saturated carbocycles. The fraction of sp³-hybridized carbons (Fsp3) is 0.214. The fourth-order valence-corrected chi connectivity index (χ4v) is 2.32. The molecule has 0 aliphatic rings. The van der Waals surface area contributed by atoms with Crippen LogP contribution in [0.3, 0.4) is 0 Å². The molecule has 0 bridgehead atoms. The average Bonchev–Trinajstić information content (AvgIpc) is 2.96. The van der Waals surface area contributed by atoms with Gasteiger partial charge in [-0.2, -0.15) is 20.1 Å². The van der Waals surface area contributed by atoms with Crippen LogP contribution in [0.4, 0.5) is 13.6 Å². The third kappa shape index (κ3) is 5.39. The van der Waals surface area contributed by atoms with Crippen molar-refractivity contribution in [3.8, 4) is 5.75 Å². The molecule has 4 nitrogen and oxygen atoms in total. The molecular formula is C14H14F2N2O2S. The summed E-state index contributed by atoms with van der Waals surface area (Å²) in [5.74, 6) is 0.0722. The summed E-state index contributed by atoms with van der Waals surface area (Å²) in [7, 11) is 0. The molecule has 1 aromatic heterocycles. The van der Waals surface area contributed by atoms with E-state index in [1.807, 2.05) is 16.8 Å². The third-order valence-electron chi connectivity index (χ3n) is 2.61. The number of urea groups is 1. The van der Waals surface area contributed by atoms with Crippen molar-refractivity contribution in [3.05, 3.63) is 52.2 Å². The van der Waals surface area contributed by atoms with E-state index < -0.39 is 6.61 Å². The minimum absolute atomic E-state index is 0.0722. The number of rotatable bonds is 6. The van der Waals surface area contributed by atoms with Crippen molar-refractivity contribution in [1.82, 2.24) is 10.6 Å². The van der Waals surface area contributed by atoms with Crippen LogP contribution in [-0.2, 0) is 13.1 Å². The van der Waals surface area contributed by atoms with Gasteiger partial charge in [-0.1, -0.05) is 12.1 Å². The normalized spacial score (nSPS) is 10.4. The summed E-state index contributed by atoms with van der Waals surface area (Å²) < 4.78 is 28.5. The Morgan fingerprint density at radius 3 is 2.62 bits per heavy atom. The van der Waals surface area contributed by atoms with Gasteiger partial charge in [0.1, 0.15) is 5.75 Å². The van der Waals surface area contributed by atoms with Crippen LogP contribution < -0.4 is 15.4 Å². The number of hydrogen-bond donors (Lipinski definition) is 2. The number of halogens is 2. The molecule has 112 valence electrons. The van der Waals surface area contributed by atoms with Gasteiger partial charge in [-0.05, 0) is 40.1 Å². The van der Waals surface area contributed by atoms with Crippen LogP contribution in [0.15, 0.2) is 41.1 Å². The van der Waals surface area contributed by atoms with Crippen LogP contribution in [0.1, 0.15) is 11.1 Å². The monoisotopic (exact) mass is 312 g/mol. The average molecular weight is 312 g/mol. The molecule has 0 saturated heterocycles. The summed E-state index contributed by atoms with van der Waals surface area (Å²) in [6.07, 6.45) is 0. The van der Waals surface area contributed by atoms with Gasteiger partial charge in [-0.15, -0.1) is 0 Å². The number of thiophene rings is 1. The SMILES string of the molecule is O=C(NCc1ccsc1)NCc1cccc(OC(F)F)c1. The van der Waals surface area contributed by atoms with Crippen molar-refractivity contribution in [3.63, 3.8) is 0 Å². The Morgan fingerprint density at radius 1 is 1.19 bits per heavy atom. The minimum atomic E-state index is -2.86. The molecule has 2 rings (SSSR count). The van der Waals surface area contributed by atoms with Crippen molar-refractivity contribution in [2.75, 3.05) is 0 Å². The van der Waals surface area contributed by atoms with Crippen LogP contribution >= 0.6 is 11.3 Å². The third-order valence-corrected chi connectivity index (χ3v) is 3.34. The molecule has 0 unspecified atom stereocenters. The van der Waals surface area contributed by atoms with Gasteiger partial charge in [0.15, 0.2) is 0 Å². The summed E-state index contributed by atoms with van der Waals surface area (Å²) in [6.45, 7) is -2.18. The highest BCUT2D eigenvalue weighted by Gasteiger charge is 2.05. The maximum atomic E-state index is 12.1. The van der Waals surface area contributed by atoms with E-state index in [-0.39, 0.29) is 18.3 Å². The van der Waals surface area contributed by atoms with Crippen molar-refractivity contribution in [2.45, 2.75) is 19.7 Å². The molecule has 2 aromatic rings. The topological polar surface area (TPSA) is 50.4 Å². The Labute approximate surface area is 124 Å². The number of benzene rings is 1. The molecule has 0 atom stereocenters. The number of carbonyl (C=O) groups excluding carboxylic acids is 1. The van der Waals surface area contributed by atoms with Crippen LogP contribution in [-0.4, -0.2) is 12.6 Å². The smallest absolute Gasteiger partial charge is 0.387 e. The van der Waals surface area contributed by atoms with Crippen molar-refractivity contribution < 1.29 is 18.3 Å². The first-order valence-electron chi connectivity index (χ1n) is 6.20. The van der Waals surface area contributed by atoms with Gasteiger partial charge in [0.25, 0.3) is 0 Å². The number of carbonyl (C=O) groups is 1. The number of nitrogens with one attached hydrogen (secondary N) is 2. The lowest BCUT2D eigenvalue weighted by atomic mass is 10.2. The first-order valence-corrected chi connectivity index (χ1v) is 7.14. The van der Waals surface area contributed by atoms with Gasteiger partial charge in [0.05, 0.1) is 0 Å². The fourth-order valence-electron chi connectivity index (χ4n) is 1.65. The maximum absolute atomic E-state index is 12.1. The highest BCUT2D eigenvalue weighted by atomic mass is 32.1. The Morgan fingerprint density at radius 2 is 1.95 bits per heavy atom. The van der Waals surface area contributed by atoms with E-state index in [4.69, 9.17) is 0 Å². The number of alkyl halides is 2. The summed E-state index contributed by atoms with van der Waals surface area (Å²) in [5.41, 5.74) is 1.71. The van der Waals surface area contributed by atoms with Crippen molar-refractivity contribution >= 4 is 17.4 Å². The molecule has 0 spiro atoms. The van der Waals surface area contributed by atoms with E-state index in [0.717, 1.165) is 5.56 Å². The lowest BCUT2D eigenvalue weighted by Gasteiger charge is -2.09. The molecule has 7 heteroatoms. The van der Waals surface area contributed by atoms with E-state index in [9.17, 15) is 13.6 Å². The number of amides is 2. The van der Waals surface area contributed by atoms with Gasteiger partial charge in [0.2, 0.25) is 0 Å². The molecule has 2 amide bonds. The van der Waals surface area contributed by atoms with Crippen molar-refractivity contribution in [2.24, 2.45) is 0 Å². The van der Waals surface area contributed by atoms with E-state index >= 15 is 0 Å². The molecule has 21 heavy (non-hydrogen) atoms. The summed E-state index contributed by atoms with van der Waals surface area (Å²) >= 11 is 1.56. The Balaban J connectivity index is 1.78. The molecule has 0 radical (unpaired) electrons. The number of ether oxygens (including phenoxy) is 1. The molecule has 0 fully saturated rings. The quantitative estimate of drug-likeness (QED) is 0.859. The Bertz CT molecular complexity index is 576. The predicted molar refractivity (Wildman–Crippen MR) is 76.5 cm³/mol. The standard InChI is InChI=1S/C14H14F2N2O2S/c15-13(16)20-12-3-1-2-10(6-12)7-17-14(19)18-8-11-4-5-21-9-11/h1-6,9,13H,7-8H2,(H2,17,18,19). The second-order valence-corrected chi connectivity index (χ2v) is 4.97. The summed E-state index contributed by atoms with van der Waals surface area (Å²) in [5, 5.41) is 9.24. The molecular weight excluding hydrogens is 298 g/mol. The molecule has 2 N–H and O–H groups in total. The van der Waals surface area contributed by atoms with E-state index in [0.29, 0.717) is 12.1 Å². The van der Waals surface area contributed by atoms with Gasteiger partial charge >= 0.3 is 12.6 Å². The zero-order valence-electron chi connectivity index (χ0n) is 11.0. The van der Waals surface area contributed by atoms with E-state index in [1.54, 1.807) is 23.5 Å². The van der Waals surface area contributed by atoms with Crippen LogP contribution in [0.5, 0.6) is 5.75 Å². The predicted octanol–water partition coefficient (Wildman–Crippen LogP) is 3.35. The lowest BCUT2D eigenvalue weighted by Crippen LogP contribution is -2.34. The molecule has 0 aliphatic heterocycles. The van der Waals surface area contributed by atoms with Gasteiger partial charge in [-0.25, -0.2) is 4.79 Å². The summed E-state index contributed by atoms with van der Waals surface area (Å²) in [6, 6.07) is 7.82. The summed E-state index contributed by atoms with van der Waals surface area (Å²) in [4.78, 5) is 11.6. The first kappa shape index (κ1) is 15.2. The maximum Gasteiger partial charge on any atom is 0.387 e. The first-order chi connectivity index (χ1) is 10.1.